The predicted octanol–water partition coefficient (Wildman–Crippen LogP) is 4.03. The van der Waals surface area contributed by atoms with Crippen molar-refractivity contribution in [2.75, 3.05) is 23.3 Å². The lowest BCUT2D eigenvalue weighted by atomic mass is 9.97. The van der Waals surface area contributed by atoms with Crippen molar-refractivity contribution in [3.8, 4) is 0 Å². The van der Waals surface area contributed by atoms with Crippen molar-refractivity contribution in [1.29, 1.82) is 0 Å². The summed E-state index contributed by atoms with van der Waals surface area (Å²) in [6, 6.07) is 14.1. The van der Waals surface area contributed by atoms with Crippen molar-refractivity contribution in [2.24, 2.45) is 5.92 Å². The fourth-order valence-electron chi connectivity index (χ4n) is 3.71. The summed E-state index contributed by atoms with van der Waals surface area (Å²) in [6.07, 6.45) is 1.90. The molecule has 2 heterocycles. The summed E-state index contributed by atoms with van der Waals surface area (Å²) >= 11 is 0. The highest BCUT2D eigenvalue weighted by atomic mass is 16.1. The van der Waals surface area contributed by atoms with E-state index in [0.717, 1.165) is 53.2 Å². The maximum atomic E-state index is 12.9. The van der Waals surface area contributed by atoms with Gasteiger partial charge in [-0.2, -0.15) is 0 Å². The zero-order valence-corrected chi connectivity index (χ0v) is 15.2. The number of aromatic amines is 1. The second-order valence-electron chi connectivity index (χ2n) is 7.12. The van der Waals surface area contributed by atoms with Gasteiger partial charge in [0.2, 0.25) is 11.9 Å². The van der Waals surface area contributed by atoms with Crippen LogP contribution in [0, 0.1) is 19.8 Å². The van der Waals surface area contributed by atoms with E-state index in [0.29, 0.717) is 6.54 Å². The summed E-state index contributed by atoms with van der Waals surface area (Å²) in [7, 11) is 0. The number of H-pyrrole nitrogens is 1. The van der Waals surface area contributed by atoms with Crippen LogP contribution < -0.4 is 10.2 Å². The molecule has 0 spiro atoms. The average Bonchev–Trinajstić information content (AvgIpc) is 3.09. The second kappa shape index (κ2) is 6.83. The van der Waals surface area contributed by atoms with Crippen molar-refractivity contribution in [3.63, 3.8) is 0 Å². The first-order chi connectivity index (χ1) is 12.6. The minimum absolute atomic E-state index is 0.0315. The molecule has 0 aliphatic carbocycles. The number of benzene rings is 2. The number of nitrogens with one attached hydrogen (secondary N) is 2. The molecule has 134 valence electrons. The van der Waals surface area contributed by atoms with Crippen LogP contribution in [0.2, 0.25) is 0 Å². The molecule has 5 heteroatoms. The second-order valence-corrected chi connectivity index (χ2v) is 7.12. The summed E-state index contributed by atoms with van der Waals surface area (Å²) in [6.45, 7) is 5.68. The molecule has 5 nitrogen and oxygen atoms in total. The van der Waals surface area contributed by atoms with E-state index in [1.807, 2.05) is 56.3 Å². The van der Waals surface area contributed by atoms with Crippen molar-refractivity contribution in [1.82, 2.24) is 9.97 Å². The van der Waals surface area contributed by atoms with Crippen molar-refractivity contribution >= 4 is 28.6 Å². The third kappa shape index (κ3) is 3.17. The van der Waals surface area contributed by atoms with Gasteiger partial charge in [-0.15, -0.1) is 0 Å². The van der Waals surface area contributed by atoms with Crippen LogP contribution in [0.4, 0.5) is 11.6 Å². The molecule has 1 unspecified atom stereocenters. The minimum Gasteiger partial charge on any atom is -0.342 e. The Bertz CT molecular complexity index is 893. The number of hydrogen-bond donors (Lipinski definition) is 2. The van der Waals surface area contributed by atoms with Crippen LogP contribution in [0.25, 0.3) is 11.0 Å². The molecule has 2 N–H and O–H groups in total. The largest absolute Gasteiger partial charge is 0.342 e. The number of aryl methyl sites for hydroxylation is 2. The maximum absolute atomic E-state index is 12.9. The third-order valence-corrected chi connectivity index (χ3v) is 5.20. The molecule has 0 bridgehead atoms. The van der Waals surface area contributed by atoms with E-state index >= 15 is 0 Å². The number of carbonyl (C=O) groups is 1. The molecule has 4 rings (SSSR count). The van der Waals surface area contributed by atoms with Gasteiger partial charge in [-0.1, -0.05) is 30.3 Å². The number of rotatable bonds is 3. The standard InChI is InChI=1S/C21H24N4O/c1-14-7-5-8-15(2)19(14)24-20(26)16-9-6-12-25(13-16)21-22-17-10-3-4-11-18(17)23-21/h3-5,7-8,10-11,16H,6,9,12-13H2,1-2H3,(H,22,23)(H,24,26). The number of anilines is 2. The van der Waals surface area contributed by atoms with E-state index in [2.05, 4.69) is 20.2 Å². The first kappa shape index (κ1) is 16.6. The molecule has 2 aromatic carbocycles. The smallest absolute Gasteiger partial charge is 0.229 e. The maximum Gasteiger partial charge on any atom is 0.229 e. The lowest BCUT2D eigenvalue weighted by Gasteiger charge is -2.32. The summed E-state index contributed by atoms with van der Waals surface area (Å²) in [5.41, 5.74) is 5.14. The van der Waals surface area contributed by atoms with E-state index in [9.17, 15) is 4.79 Å². The van der Waals surface area contributed by atoms with E-state index < -0.39 is 0 Å². The molecule has 1 fully saturated rings. The molecule has 0 radical (unpaired) electrons. The Hall–Kier alpha value is -2.82. The zero-order valence-electron chi connectivity index (χ0n) is 15.2. The van der Waals surface area contributed by atoms with Crippen LogP contribution in [0.5, 0.6) is 0 Å². The van der Waals surface area contributed by atoms with Crippen LogP contribution in [-0.2, 0) is 4.79 Å². The number of para-hydroxylation sites is 3. The van der Waals surface area contributed by atoms with Crippen molar-refractivity contribution < 1.29 is 4.79 Å². The van der Waals surface area contributed by atoms with Crippen LogP contribution in [0.15, 0.2) is 42.5 Å². The molecule has 1 amide bonds. The Morgan fingerprint density at radius 2 is 1.92 bits per heavy atom. The van der Waals surface area contributed by atoms with Gasteiger partial charge < -0.3 is 15.2 Å². The van der Waals surface area contributed by atoms with Crippen LogP contribution in [0.3, 0.4) is 0 Å². The normalized spacial score (nSPS) is 17.5. The van der Waals surface area contributed by atoms with Gasteiger partial charge in [-0.3, -0.25) is 4.79 Å². The van der Waals surface area contributed by atoms with Gasteiger partial charge in [0.25, 0.3) is 0 Å². The van der Waals surface area contributed by atoms with Crippen molar-refractivity contribution in [3.05, 3.63) is 53.6 Å². The fraction of sp³-hybridized carbons (Fsp3) is 0.333. The Morgan fingerprint density at radius 1 is 1.15 bits per heavy atom. The first-order valence-corrected chi connectivity index (χ1v) is 9.18. The van der Waals surface area contributed by atoms with Gasteiger partial charge in [-0.25, -0.2) is 4.98 Å². The van der Waals surface area contributed by atoms with Gasteiger partial charge >= 0.3 is 0 Å². The number of fused-ring (bicyclic) bond motifs is 1. The topological polar surface area (TPSA) is 61.0 Å². The number of nitrogens with zero attached hydrogens (tertiary/aromatic N) is 2. The Kier molecular flexibility index (Phi) is 4.37. The molecule has 1 aromatic heterocycles. The molecule has 1 saturated heterocycles. The summed E-state index contributed by atoms with van der Waals surface area (Å²) in [5.74, 6) is 0.926. The van der Waals surface area contributed by atoms with Gasteiger partial charge in [0.05, 0.1) is 17.0 Å². The van der Waals surface area contributed by atoms with E-state index in [-0.39, 0.29) is 11.8 Å². The minimum atomic E-state index is -0.0315. The summed E-state index contributed by atoms with van der Waals surface area (Å²) in [5, 5.41) is 3.15. The van der Waals surface area contributed by atoms with Gasteiger partial charge in [0.15, 0.2) is 0 Å². The molecule has 26 heavy (non-hydrogen) atoms. The van der Waals surface area contributed by atoms with E-state index in [1.165, 1.54) is 0 Å². The lowest BCUT2D eigenvalue weighted by molar-refractivity contribution is -0.120. The molecule has 1 aliphatic heterocycles. The van der Waals surface area contributed by atoms with E-state index in [1.54, 1.807) is 0 Å². The zero-order chi connectivity index (χ0) is 18.1. The Morgan fingerprint density at radius 3 is 2.69 bits per heavy atom. The van der Waals surface area contributed by atoms with Crippen molar-refractivity contribution in [2.45, 2.75) is 26.7 Å². The Balaban J connectivity index is 1.50. The van der Waals surface area contributed by atoms with Crippen LogP contribution in [0.1, 0.15) is 24.0 Å². The molecule has 0 saturated carbocycles. The molecular weight excluding hydrogens is 324 g/mol. The Labute approximate surface area is 153 Å². The number of hydrogen-bond acceptors (Lipinski definition) is 3. The summed E-state index contributed by atoms with van der Waals surface area (Å²) in [4.78, 5) is 23.1. The summed E-state index contributed by atoms with van der Waals surface area (Å²) < 4.78 is 0. The quantitative estimate of drug-likeness (QED) is 0.751. The predicted molar refractivity (Wildman–Crippen MR) is 106 cm³/mol. The van der Waals surface area contributed by atoms with Gasteiger partial charge in [0.1, 0.15) is 0 Å². The molecule has 3 aromatic rings. The SMILES string of the molecule is Cc1cccc(C)c1NC(=O)C1CCCN(c2nc3ccccc3[nH]2)C1. The number of imidazole rings is 1. The van der Waals surface area contributed by atoms with Gasteiger partial charge in [-0.05, 0) is 49.9 Å². The number of aromatic nitrogens is 2. The monoisotopic (exact) mass is 348 g/mol. The molecular formula is C21H24N4O. The lowest BCUT2D eigenvalue weighted by Crippen LogP contribution is -2.41. The number of carbonyl (C=O) groups excluding carboxylic acids is 1. The van der Waals surface area contributed by atoms with Crippen LogP contribution >= 0.6 is 0 Å². The number of piperidine rings is 1. The van der Waals surface area contributed by atoms with Gasteiger partial charge in [0, 0.05) is 18.8 Å². The highest BCUT2D eigenvalue weighted by Crippen LogP contribution is 2.26. The highest BCUT2D eigenvalue weighted by Gasteiger charge is 2.27. The van der Waals surface area contributed by atoms with Crippen LogP contribution in [-0.4, -0.2) is 29.0 Å². The highest BCUT2D eigenvalue weighted by molar-refractivity contribution is 5.94. The first-order valence-electron chi connectivity index (χ1n) is 9.18. The average molecular weight is 348 g/mol. The molecule has 1 atom stereocenters. The number of amides is 1. The third-order valence-electron chi connectivity index (χ3n) is 5.20. The fourth-order valence-corrected chi connectivity index (χ4v) is 3.71. The molecule has 1 aliphatic rings. The van der Waals surface area contributed by atoms with E-state index in [4.69, 9.17) is 0 Å².